The van der Waals surface area contributed by atoms with Crippen LogP contribution >= 0.6 is 0 Å². The van der Waals surface area contributed by atoms with Crippen molar-refractivity contribution in [2.45, 2.75) is 76.4 Å². The maximum atomic E-state index is 13.3. The van der Waals surface area contributed by atoms with E-state index in [0.717, 1.165) is 42.4 Å². The maximum Gasteiger partial charge on any atom is 0.251 e. The number of hydrogen-bond acceptors (Lipinski definition) is 5. The Morgan fingerprint density at radius 2 is 1.86 bits per heavy atom. The molecule has 186 valence electrons. The van der Waals surface area contributed by atoms with E-state index in [1.165, 1.54) is 0 Å². The summed E-state index contributed by atoms with van der Waals surface area (Å²) in [7, 11) is 0. The molecule has 1 amide bonds. The normalized spacial score (nSPS) is 18.9. The Morgan fingerprint density at radius 1 is 1.11 bits per heavy atom. The fourth-order valence-electron chi connectivity index (χ4n) is 5.68. The van der Waals surface area contributed by atoms with Gasteiger partial charge in [-0.25, -0.2) is 0 Å². The molecule has 1 saturated heterocycles. The lowest BCUT2D eigenvalue weighted by atomic mass is 9.79. The molecule has 0 atom stereocenters. The predicted octanol–water partition coefficient (Wildman–Crippen LogP) is 5.66. The number of benzene rings is 2. The topological polar surface area (TPSA) is 103 Å². The first-order chi connectivity index (χ1) is 17.1. The minimum Gasteiger partial charge on any atom is -0.456 e. The average molecular weight is 484 g/mol. The molecule has 1 aliphatic carbocycles. The van der Waals surface area contributed by atoms with Gasteiger partial charge in [0.25, 0.3) is 5.91 Å². The molecule has 3 N–H and O–H groups in total. The molecule has 7 heteroatoms. The Hall–Kier alpha value is -3.63. The number of nitrogens with zero attached hydrogens (tertiary/aromatic N) is 2. The van der Waals surface area contributed by atoms with E-state index in [-0.39, 0.29) is 23.0 Å². The van der Waals surface area contributed by atoms with Crippen molar-refractivity contribution in [3.8, 4) is 28.7 Å². The molecular weight excluding hydrogens is 450 g/mol. The fraction of sp³-hybridized carbons (Fsp3) is 0.414. The van der Waals surface area contributed by atoms with Gasteiger partial charge in [0.15, 0.2) is 0 Å². The van der Waals surface area contributed by atoms with Crippen molar-refractivity contribution in [2.75, 3.05) is 0 Å². The lowest BCUT2D eigenvalue weighted by Crippen LogP contribution is -2.62. The van der Waals surface area contributed by atoms with Crippen molar-refractivity contribution in [1.29, 1.82) is 5.26 Å². The van der Waals surface area contributed by atoms with Gasteiger partial charge in [-0.3, -0.25) is 9.89 Å². The van der Waals surface area contributed by atoms with Crippen LogP contribution in [-0.2, 0) is 0 Å². The number of rotatable bonds is 6. The van der Waals surface area contributed by atoms with Crippen LogP contribution in [-0.4, -0.2) is 33.2 Å². The molecule has 5 rings (SSSR count). The molecule has 1 saturated carbocycles. The first-order valence-electron chi connectivity index (χ1n) is 12.6. The number of amides is 1. The van der Waals surface area contributed by atoms with Crippen LogP contribution in [0.1, 0.15) is 80.8 Å². The molecule has 3 aromatic rings. The van der Waals surface area contributed by atoms with E-state index < -0.39 is 0 Å². The molecule has 2 aliphatic rings. The molecule has 2 heterocycles. The lowest BCUT2D eigenvalue weighted by molar-refractivity contribution is 0.0873. The van der Waals surface area contributed by atoms with Gasteiger partial charge in [0.05, 0.1) is 6.20 Å². The highest BCUT2D eigenvalue weighted by Gasteiger charge is 2.38. The van der Waals surface area contributed by atoms with E-state index in [4.69, 9.17) is 4.74 Å². The molecule has 0 radical (unpaired) electrons. The van der Waals surface area contributed by atoms with Gasteiger partial charge in [-0.05, 0) is 89.1 Å². The van der Waals surface area contributed by atoms with Gasteiger partial charge in [0, 0.05) is 40.0 Å². The molecule has 0 unspecified atom stereocenters. The van der Waals surface area contributed by atoms with E-state index in [9.17, 15) is 10.1 Å². The van der Waals surface area contributed by atoms with Gasteiger partial charge in [-0.2, -0.15) is 10.4 Å². The summed E-state index contributed by atoms with van der Waals surface area (Å²) in [5.74, 6) is 1.50. The minimum atomic E-state index is -0.0541. The molecule has 7 nitrogen and oxygen atoms in total. The third-order valence-corrected chi connectivity index (χ3v) is 6.98. The molecule has 2 aromatic carbocycles. The van der Waals surface area contributed by atoms with E-state index >= 15 is 0 Å². The maximum absolute atomic E-state index is 13.3. The van der Waals surface area contributed by atoms with Gasteiger partial charge in [-0.1, -0.05) is 12.1 Å². The number of aromatic nitrogens is 2. The first-order valence-corrected chi connectivity index (χ1v) is 12.6. The first kappa shape index (κ1) is 24.1. The average Bonchev–Trinajstić information content (AvgIpc) is 3.50. The number of ether oxygens (including phenoxy) is 1. The summed E-state index contributed by atoms with van der Waals surface area (Å²) in [5, 5.41) is 23.6. The van der Waals surface area contributed by atoms with Crippen molar-refractivity contribution in [1.82, 2.24) is 20.8 Å². The number of carbonyl (C=O) groups is 1. The summed E-state index contributed by atoms with van der Waals surface area (Å²) in [5.41, 5.74) is 3.63. The number of hydrogen-bond donors (Lipinski definition) is 3. The third-order valence-electron chi connectivity index (χ3n) is 6.98. The highest BCUT2D eigenvalue weighted by Crippen LogP contribution is 2.46. The molecule has 0 bridgehead atoms. The van der Waals surface area contributed by atoms with Crippen LogP contribution in [0.2, 0.25) is 0 Å². The molecular formula is C29H33N5O2. The fourth-order valence-corrected chi connectivity index (χ4v) is 5.68. The van der Waals surface area contributed by atoms with Crippen molar-refractivity contribution < 1.29 is 9.53 Å². The van der Waals surface area contributed by atoms with E-state index in [0.29, 0.717) is 28.5 Å². The molecule has 1 aromatic heterocycles. The Kier molecular flexibility index (Phi) is 6.09. The van der Waals surface area contributed by atoms with Gasteiger partial charge >= 0.3 is 0 Å². The number of nitriles is 1. The Bertz CT molecular complexity index is 1300. The number of aromatic amines is 1. The van der Waals surface area contributed by atoms with Crippen LogP contribution in [0.5, 0.6) is 11.5 Å². The highest BCUT2D eigenvalue weighted by molar-refractivity contribution is 5.95. The number of carbonyl (C=O) groups excluding carboxylic acids is 1. The Balaban J connectivity index is 1.39. The minimum absolute atomic E-state index is 0.0417. The summed E-state index contributed by atoms with van der Waals surface area (Å²) in [6, 6.07) is 13.6. The molecule has 0 spiro atoms. The second kappa shape index (κ2) is 9.11. The van der Waals surface area contributed by atoms with Crippen LogP contribution < -0.4 is 15.4 Å². The van der Waals surface area contributed by atoms with Gasteiger partial charge < -0.3 is 15.4 Å². The number of nitrogens with one attached hydrogen (secondary N) is 3. The lowest BCUT2D eigenvalue weighted by Gasteiger charge is -2.46. The van der Waals surface area contributed by atoms with Gasteiger partial charge in [-0.15, -0.1) is 0 Å². The second-order valence-corrected chi connectivity index (χ2v) is 11.4. The van der Waals surface area contributed by atoms with E-state index in [1.807, 2.05) is 30.3 Å². The summed E-state index contributed by atoms with van der Waals surface area (Å²) < 4.78 is 6.32. The third kappa shape index (κ3) is 5.14. The van der Waals surface area contributed by atoms with Crippen LogP contribution in [0.4, 0.5) is 0 Å². The van der Waals surface area contributed by atoms with Crippen LogP contribution in [0.25, 0.3) is 11.1 Å². The smallest absolute Gasteiger partial charge is 0.251 e. The monoisotopic (exact) mass is 483 g/mol. The van der Waals surface area contributed by atoms with Crippen molar-refractivity contribution in [2.24, 2.45) is 0 Å². The largest absolute Gasteiger partial charge is 0.456 e. The molecule has 1 aliphatic heterocycles. The summed E-state index contributed by atoms with van der Waals surface area (Å²) in [6.45, 7) is 8.73. The summed E-state index contributed by atoms with van der Waals surface area (Å²) in [4.78, 5) is 13.3. The zero-order valence-corrected chi connectivity index (χ0v) is 21.3. The summed E-state index contributed by atoms with van der Waals surface area (Å²) in [6.07, 6.45) is 7.34. The number of H-pyrrole nitrogens is 1. The summed E-state index contributed by atoms with van der Waals surface area (Å²) >= 11 is 0. The SMILES string of the molecule is CC1(C)CC(NC(=O)c2ccc(Oc3cccc(-c4cn[nH]c4)c3C#N)c(C3CC3)c2)CC(C)(C)N1. The predicted molar refractivity (Wildman–Crippen MR) is 139 cm³/mol. The molecule has 36 heavy (non-hydrogen) atoms. The van der Waals surface area contributed by atoms with Crippen LogP contribution in [0.3, 0.4) is 0 Å². The standard InChI is InChI=1S/C29H33N5O2/c1-28(2)13-21(14-29(3,4)34-28)33-27(35)19-10-11-26(23(12-19)18-8-9-18)36-25-7-5-6-22(24(25)15-30)20-16-31-32-17-20/h5-7,10-12,16-18,21,34H,8-9,13-14H2,1-4H3,(H,31,32)(H,33,35). The quantitative estimate of drug-likeness (QED) is 0.420. The van der Waals surface area contributed by atoms with Crippen LogP contribution in [0.15, 0.2) is 48.8 Å². The van der Waals surface area contributed by atoms with Gasteiger partial charge in [0.2, 0.25) is 0 Å². The van der Waals surface area contributed by atoms with Crippen molar-refractivity contribution in [3.63, 3.8) is 0 Å². The highest BCUT2D eigenvalue weighted by atomic mass is 16.5. The zero-order chi connectivity index (χ0) is 25.5. The van der Waals surface area contributed by atoms with Crippen molar-refractivity contribution >= 4 is 5.91 Å². The van der Waals surface area contributed by atoms with E-state index in [2.05, 4.69) is 54.6 Å². The van der Waals surface area contributed by atoms with E-state index in [1.54, 1.807) is 18.5 Å². The second-order valence-electron chi connectivity index (χ2n) is 11.4. The Labute approximate surface area is 212 Å². The number of piperidine rings is 1. The van der Waals surface area contributed by atoms with Gasteiger partial charge in [0.1, 0.15) is 23.1 Å². The van der Waals surface area contributed by atoms with Crippen molar-refractivity contribution in [3.05, 3.63) is 65.5 Å². The Morgan fingerprint density at radius 3 is 2.50 bits per heavy atom. The molecule has 2 fully saturated rings. The zero-order valence-electron chi connectivity index (χ0n) is 21.3. The van der Waals surface area contributed by atoms with Crippen LogP contribution in [0, 0.1) is 11.3 Å².